The maximum absolute atomic E-state index is 13.4. The van der Waals surface area contributed by atoms with Crippen LogP contribution >= 0.6 is 15.9 Å². The van der Waals surface area contributed by atoms with Crippen LogP contribution in [-0.4, -0.2) is 16.8 Å². The minimum Gasteiger partial charge on any atom is -0.308 e. The average molecular weight is 366 g/mol. The van der Waals surface area contributed by atoms with E-state index in [1.165, 1.54) is 17.9 Å². The summed E-state index contributed by atoms with van der Waals surface area (Å²) in [5, 5.41) is 6.76. The fraction of sp³-hybridized carbons (Fsp3) is 0.308. The standard InChI is InChI=1S/C13H12BrF4N3/c1-19-11(12-10(14)6-20-21(12)2)8-5-7(15)3-4-9(8)13(16,17)18/h3-6,11,19H,1-2H3. The van der Waals surface area contributed by atoms with Crippen LogP contribution in [0.2, 0.25) is 0 Å². The van der Waals surface area contributed by atoms with E-state index in [2.05, 4.69) is 26.3 Å². The van der Waals surface area contributed by atoms with Crippen molar-refractivity contribution in [1.82, 2.24) is 15.1 Å². The Bertz CT molecular complexity index is 632. The third-order valence-electron chi connectivity index (χ3n) is 3.13. The van der Waals surface area contributed by atoms with Gasteiger partial charge in [0.2, 0.25) is 0 Å². The second-order valence-electron chi connectivity index (χ2n) is 4.45. The van der Waals surface area contributed by atoms with Crippen LogP contribution in [0, 0.1) is 5.82 Å². The maximum Gasteiger partial charge on any atom is 0.416 e. The Labute approximate surface area is 127 Å². The van der Waals surface area contributed by atoms with Gasteiger partial charge in [0, 0.05) is 7.05 Å². The second kappa shape index (κ2) is 5.76. The lowest BCUT2D eigenvalue weighted by Crippen LogP contribution is -2.24. The Morgan fingerprint density at radius 1 is 1.33 bits per heavy atom. The predicted molar refractivity (Wildman–Crippen MR) is 73.2 cm³/mol. The van der Waals surface area contributed by atoms with Gasteiger partial charge in [0.05, 0.1) is 28.0 Å². The van der Waals surface area contributed by atoms with Crippen LogP contribution < -0.4 is 5.32 Å². The summed E-state index contributed by atoms with van der Waals surface area (Å²) in [5.74, 6) is -0.725. The average Bonchev–Trinajstić information content (AvgIpc) is 2.70. The number of benzene rings is 1. The van der Waals surface area contributed by atoms with Crippen molar-refractivity contribution in [2.45, 2.75) is 12.2 Å². The number of aromatic nitrogens is 2. The summed E-state index contributed by atoms with van der Waals surface area (Å²) in [4.78, 5) is 0. The van der Waals surface area contributed by atoms with E-state index in [9.17, 15) is 17.6 Å². The third-order valence-corrected chi connectivity index (χ3v) is 3.74. The normalized spacial score (nSPS) is 13.5. The van der Waals surface area contributed by atoms with Gasteiger partial charge in [-0.1, -0.05) is 0 Å². The lowest BCUT2D eigenvalue weighted by molar-refractivity contribution is -0.138. The van der Waals surface area contributed by atoms with E-state index in [-0.39, 0.29) is 5.56 Å². The first-order valence-corrected chi connectivity index (χ1v) is 6.76. The summed E-state index contributed by atoms with van der Waals surface area (Å²) < 4.78 is 54.8. The zero-order chi connectivity index (χ0) is 15.8. The Morgan fingerprint density at radius 3 is 2.48 bits per heavy atom. The van der Waals surface area contributed by atoms with Gasteiger partial charge in [-0.25, -0.2) is 4.39 Å². The number of alkyl halides is 3. The summed E-state index contributed by atoms with van der Waals surface area (Å²) in [6, 6.07) is 1.60. The van der Waals surface area contributed by atoms with Gasteiger partial charge in [-0.3, -0.25) is 4.68 Å². The molecule has 1 aromatic heterocycles. The van der Waals surface area contributed by atoms with Gasteiger partial charge < -0.3 is 5.32 Å². The summed E-state index contributed by atoms with van der Waals surface area (Å²) in [6.07, 6.45) is -3.09. The van der Waals surface area contributed by atoms with Crippen molar-refractivity contribution in [2.24, 2.45) is 7.05 Å². The number of nitrogens with zero attached hydrogens (tertiary/aromatic N) is 2. The molecule has 2 aromatic rings. The highest BCUT2D eigenvalue weighted by Gasteiger charge is 2.36. The molecular weight excluding hydrogens is 354 g/mol. The molecule has 0 fully saturated rings. The van der Waals surface area contributed by atoms with Crippen LogP contribution in [0.3, 0.4) is 0 Å². The first-order valence-electron chi connectivity index (χ1n) is 5.97. The molecule has 1 atom stereocenters. The second-order valence-corrected chi connectivity index (χ2v) is 5.31. The van der Waals surface area contributed by atoms with Crippen molar-refractivity contribution in [3.8, 4) is 0 Å². The molecule has 1 heterocycles. The molecule has 0 aliphatic carbocycles. The summed E-state index contributed by atoms with van der Waals surface area (Å²) in [5.41, 5.74) is -0.584. The van der Waals surface area contributed by atoms with E-state index < -0.39 is 23.6 Å². The van der Waals surface area contributed by atoms with Crippen LogP contribution in [-0.2, 0) is 13.2 Å². The van der Waals surface area contributed by atoms with Crippen molar-refractivity contribution < 1.29 is 17.6 Å². The van der Waals surface area contributed by atoms with Gasteiger partial charge >= 0.3 is 6.18 Å². The van der Waals surface area contributed by atoms with E-state index >= 15 is 0 Å². The van der Waals surface area contributed by atoms with Gasteiger partial charge in [0.15, 0.2) is 0 Å². The number of hydrogen-bond acceptors (Lipinski definition) is 2. The van der Waals surface area contributed by atoms with Gasteiger partial charge in [0.1, 0.15) is 5.82 Å². The molecule has 2 rings (SSSR count). The smallest absolute Gasteiger partial charge is 0.308 e. The predicted octanol–water partition coefficient (Wildman–Crippen LogP) is 3.65. The van der Waals surface area contributed by atoms with Crippen molar-refractivity contribution >= 4 is 15.9 Å². The first kappa shape index (κ1) is 16.0. The lowest BCUT2D eigenvalue weighted by atomic mass is 9.97. The molecule has 0 spiro atoms. The van der Waals surface area contributed by atoms with Gasteiger partial charge in [-0.15, -0.1) is 0 Å². The van der Waals surface area contributed by atoms with E-state index in [0.717, 1.165) is 18.2 Å². The Morgan fingerprint density at radius 2 is 2.00 bits per heavy atom. The minimum absolute atomic E-state index is 0.186. The van der Waals surface area contributed by atoms with E-state index in [1.807, 2.05) is 0 Å². The Hall–Kier alpha value is -1.41. The van der Waals surface area contributed by atoms with E-state index in [4.69, 9.17) is 0 Å². The number of aryl methyl sites for hydroxylation is 1. The van der Waals surface area contributed by atoms with Crippen LogP contribution in [0.15, 0.2) is 28.9 Å². The molecule has 1 unspecified atom stereocenters. The molecule has 0 saturated heterocycles. The van der Waals surface area contributed by atoms with Crippen LogP contribution in [0.25, 0.3) is 0 Å². The SMILES string of the molecule is CNC(c1cc(F)ccc1C(F)(F)F)c1c(Br)cnn1C. The first-order chi connectivity index (χ1) is 9.75. The monoisotopic (exact) mass is 365 g/mol. The molecular formula is C13H12BrF4N3. The van der Waals surface area contributed by atoms with Crippen molar-refractivity contribution in [3.05, 3.63) is 51.5 Å². The topological polar surface area (TPSA) is 29.9 Å². The highest BCUT2D eigenvalue weighted by Crippen LogP contribution is 2.38. The number of nitrogens with one attached hydrogen (secondary N) is 1. The Balaban J connectivity index is 2.65. The van der Waals surface area contributed by atoms with Gasteiger partial charge in [-0.05, 0) is 46.7 Å². The van der Waals surface area contributed by atoms with Crippen LogP contribution in [0.4, 0.5) is 17.6 Å². The molecule has 3 nitrogen and oxygen atoms in total. The molecule has 1 N–H and O–H groups in total. The van der Waals surface area contributed by atoms with Crippen LogP contribution in [0.1, 0.15) is 22.9 Å². The van der Waals surface area contributed by atoms with E-state index in [0.29, 0.717) is 10.2 Å². The van der Waals surface area contributed by atoms with Crippen molar-refractivity contribution in [1.29, 1.82) is 0 Å². The molecule has 0 aliphatic rings. The molecule has 0 amide bonds. The summed E-state index contributed by atoms with van der Waals surface area (Å²) >= 11 is 3.25. The zero-order valence-electron chi connectivity index (χ0n) is 11.2. The molecule has 0 saturated carbocycles. The maximum atomic E-state index is 13.4. The molecule has 114 valence electrons. The fourth-order valence-electron chi connectivity index (χ4n) is 2.22. The molecule has 8 heteroatoms. The fourth-order valence-corrected chi connectivity index (χ4v) is 2.79. The Kier molecular flexibility index (Phi) is 4.38. The highest BCUT2D eigenvalue weighted by atomic mass is 79.9. The highest BCUT2D eigenvalue weighted by molar-refractivity contribution is 9.10. The van der Waals surface area contributed by atoms with Crippen molar-refractivity contribution in [3.63, 3.8) is 0 Å². The molecule has 21 heavy (non-hydrogen) atoms. The molecule has 0 bridgehead atoms. The number of hydrogen-bond donors (Lipinski definition) is 1. The van der Waals surface area contributed by atoms with Gasteiger partial charge in [0.25, 0.3) is 0 Å². The lowest BCUT2D eigenvalue weighted by Gasteiger charge is -2.22. The van der Waals surface area contributed by atoms with Gasteiger partial charge in [-0.2, -0.15) is 18.3 Å². The third kappa shape index (κ3) is 3.11. The van der Waals surface area contributed by atoms with E-state index in [1.54, 1.807) is 7.05 Å². The van der Waals surface area contributed by atoms with Crippen molar-refractivity contribution in [2.75, 3.05) is 7.05 Å². The minimum atomic E-state index is -4.57. The largest absolute Gasteiger partial charge is 0.416 e. The summed E-state index contributed by atoms with van der Waals surface area (Å²) in [7, 11) is 3.12. The number of halogens is 5. The molecule has 0 radical (unpaired) electrons. The zero-order valence-corrected chi connectivity index (χ0v) is 12.8. The summed E-state index contributed by atoms with van der Waals surface area (Å²) in [6.45, 7) is 0. The van der Waals surface area contributed by atoms with Crippen LogP contribution in [0.5, 0.6) is 0 Å². The molecule has 0 aliphatic heterocycles. The molecule has 1 aromatic carbocycles. The number of rotatable bonds is 3. The quantitative estimate of drug-likeness (QED) is 0.841.